The predicted molar refractivity (Wildman–Crippen MR) is 123 cm³/mol. The second kappa shape index (κ2) is 10.5. The Balaban J connectivity index is 1.97. The van der Waals surface area contributed by atoms with E-state index in [0.717, 1.165) is 11.3 Å². The van der Waals surface area contributed by atoms with Crippen LogP contribution in [0.2, 0.25) is 0 Å². The van der Waals surface area contributed by atoms with Gasteiger partial charge in [-0.05, 0) is 51.4 Å². The SMILES string of the molecule is COc1ccc(C#Cc2cnc3c(c2)C(=O)N([C@@H](C)CO)C[C@H](C)[C@@H](CN(C)C)O3)cc1. The van der Waals surface area contributed by atoms with Crippen LogP contribution in [-0.2, 0) is 0 Å². The summed E-state index contributed by atoms with van der Waals surface area (Å²) in [7, 11) is 5.59. The second-order valence-corrected chi connectivity index (χ2v) is 8.44. The highest BCUT2D eigenvalue weighted by Crippen LogP contribution is 2.27. The van der Waals surface area contributed by atoms with Gasteiger partial charge in [-0.3, -0.25) is 4.79 Å². The first-order valence-corrected chi connectivity index (χ1v) is 10.7. The number of aromatic nitrogens is 1. The van der Waals surface area contributed by atoms with Crippen molar-refractivity contribution in [2.75, 3.05) is 40.9 Å². The minimum atomic E-state index is -0.315. The lowest BCUT2D eigenvalue weighted by Gasteiger charge is -2.37. The Hall–Kier alpha value is -3.08. The van der Waals surface area contributed by atoms with Crippen molar-refractivity contribution in [3.63, 3.8) is 0 Å². The summed E-state index contributed by atoms with van der Waals surface area (Å²) in [6, 6.07) is 8.85. The van der Waals surface area contributed by atoms with Crippen LogP contribution in [0.4, 0.5) is 0 Å². The molecule has 1 N–H and O–H groups in total. The summed E-state index contributed by atoms with van der Waals surface area (Å²) in [5, 5.41) is 9.73. The number of hydrogen-bond acceptors (Lipinski definition) is 6. The molecule has 2 aromatic rings. The highest BCUT2D eigenvalue weighted by Gasteiger charge is 2.33. The number of nitrogens with zero attached hydrogens (tertiary/aromatic N) is 3. The zero-order valence-corrected chi connectivity index (χ0v) is 19.3. The normalized spacial score (nSPS) is 19.2. The van der Waals surface area contributed by atoms with Gasteiger partial charge >= 0.3 is 0 Å². The van der Waals surface area contributed by atoms with E-state index in [1.54, 1.807) is 24.3 Å². The Kier molecular flexibility index (Phi) is 7.73. The summed E-state index contributed by atoms with van der Waals surface area (Å²) in [6.45, 7) is 4.96. The number of carbonyl (C=O) groups is 1. The first-order valence-electron chi connectivity index (χ1n) is 10.7. The molecule has 0 bridgehead atoms. The number of methoxy groups -OCH3 is 1. The summed E-state index contributed by atoms with van der Waals surface area (Å²) < 4.78 is 11.4. The smallest absolute Gasteiger partial charge is 0.259 e. The number of hydrogen-bond donors (Lipinski definition) is 1. The zero-order valence-electron chi connectivity index (χ0n) is 19.3. The van der Waals surface area contributed by atoms with E-state index in [4.69, 9.17) is 9.47 Å². The average molecular weight is 438 g/mol. The van der Waals surface area contributed by atoms with Gasteiger partial charge in [0.1, 0.15) is 17.4 Å². The van der Waals surface area contributed by atoms with Crippen LogP contribution in [0.1, 0.15) is 35.3 Å². The molecule has 3 atom stereocenters. The standard InChI is InChI=1S/C25H31N3O4/c1-17-14-28(18(2)16-29)25(30)22-12-20(7-6-19-8-10-21(31-5)11-9-19)13-26-24(22)32-23(17)15-27(3)4/h8-13,17-18,23,29H,14-16H2,1-5H3/t17-,18-,23+/m0/s1. The van der Waals surface area contributed by atoms with Crippen molar-refractivity contribution in [3.05, 3.63) is 53.2 Å². The molecule has 1 amide bonds. The summed E-state index contributed by atoms with van der Waals surface area (Å²) in [4.78, 5) is 21.6. The Morgan fingerprint density at radius 1 is 1.28 bits per heavy atom. The number of carbonyl (C=O) groups excluding carboxylic acids is 1. The average Bonchev–Trinajstić information content (AvgIpc) is 2.79. The van der Waals surface area contributed by atoms with E-state index in [9.17, 15) is 9.90 Å². The summed E-state index contributed by atoms with van der Waals surface area (Å²) in [5.74, 6) is 7.10. The molecule has 0 aliphatic carbocycles. The Morgan fingerprint density at radius 2 is 1.97 bits per heavy atom. The second-order valence-electron chi connectivity index (χ2n) is 8.44. The van der Waals surface area contributed by atoms with E-state index in [2.05, 4.69) is 28.6 Å². The van der Waals surface area contributed by atoms with Crippen molar-refractivity contribution < 1.29 is 19.4 Å². The quantitative estimate of drug-likeness (QED) is 0.724. The van der Waals surface area contributed by atoms with Gasteiger partial charge in [-0.15, -0.1) is 0 Å². The van der Waals surface area contributed by atoms with E-state index < -0.39 is 0 Å². The van der Waals surface area contributed by atoms with E-state index >= 15 is 0 Å². The van der Waals surface area contributed by atoms with Crippen molar-refractivity contribution in [1.29, 1.82) is 0 Å². The van der Waals surface area contributed by atoms with Crippen LogP contribution in [-0.4, -0.2) is 78.8 Å². The molecule has 0 saturated heterocycles. The first kappa shape index (κ1) is 23.6. The molecule has 7 nitrogen and oxygen atoms in total. The van der Waals surface area contributed by atoms with Gasteiger partial charge in [0.2, 0.25) is 5.88 Å². The number of aliphatic hydroxyl groups is 1. The third-order valence-electron chi connectivity index (χ3n) is 5.51. The molecule has 0 spiro atoms. The van der Waals surface area contributed by atoms with Gasteiger partial charge < -0.3 is 24.4 Å². The van der Waals surface area contributed by atoms with Crippen LogP contribution in [0, 0.1) is 17.8 Å². The lowest BCUT2D eigenvalue weighted by molar-refractivity contribution is 0.0348. The minimum absolute atomic E-state index is 0.0693. The van der Waals surface area contributed by atoms with E-state index in [0.29, 0.717) is 30.1 Å². The molecule has 1 aromatic carbocycles. The third-order valence-corrected chi connectivity index (χ3v) is 5.51. The number of rotatable bonds is 5. The summed E-state index contributed by atoms with van der Waals surface area (Å²) in [5.41, 5.74) is 1.81. The number of ether oxygens (including phenoxy) is 2. The molecule has 32 heavy (non-hydrogen) atoms. The van der Waals surface area contributed by atoms with E-state index in [-0.39, 0.29) is 30.6 Å². The van der Waals surface area contributed by atoms with Crippen LogP contribution < -0.4 is 9.47 Å². The highest BCUT2D eigenvalue weighted by atomic mass is 16.5. The number of amides is 1. The Bertz CT molecular complexity index is 994. The van der Waals surface area contributed by atoms with Gasteiger partial charge in [-0.1, -0.05) is 18.8 Å². The fourth-order valence-electron chi connectivity index (χ4n) is 3.57. The van der Waals surface area contributed by atoms with E-state index in [1.807, 2.05) is 45.3 Å². The molecule has 170 valence electrons. The van der Waals surface area contributed by atoms with Crippen LogP contribution in [0.25, 0.3) is 0 Å². The van der Waals surface area contributed by atoms with Crippen molar-refractivity contribution in [3.8, 4) is 23.5 Å². The predicted octanol–water partition coefficient (Wildman–Crippen LogP) is 2.27. The van der Waals surface area contributed by atoms with Crippen molar-refractivity contribution in [2.45, 2.75) is 26.0 Å². The largest absolute Gasteiger partial charge is 0.497 e. The molecule has 1 aromatic heterocycles. The number of pyridine rings is 1. The summed E-state index contributed by atoms with van der Waals surface area (Å²) >= 11 is 0. The first-order chi connectivity index (χ1) is 15.3. The molecular weight excluding hydrogens is 406 g/mol. The van der Waals surface area contributed by atoms with Crippen LogP contribution in [0.5, 0.6) is 11.6 Å². The van der Waals surface area contributed by atoms with E-state index in [1.165, 1.54) is 0 Å². The molecule has 0 fully saturated rings. The highest BCUT2D eigenvalue weighted by molar-refractivity contribution is 5.97. The maximum atomic E-state index is 13.4. The molecule has 1 aliphatic heterocycles. The maximum absolute atomic E-state index is 13.4. The molecule has 0 saturated carbocycles. The number of likely N-dealkylation sites (N-methyl/N-ethyl adjacent to an activating group) is 1. The Labute approximate surface area is 190 Å². The van der Waals surface area contributed by atoms with Crippen molar-refractivity contribution >= 4 is 5.91 Å². The number of benzene rings is 1. The van der Waals surface area contributed by atoms with Gasteiger partial charge in [0.25, 0.3) is 5.91 Å². The third kappa shape index (κ3) is 5.58. The van der Waals surface area contributed by atoms with Crippen LogP contribution in [0.15, 0.2) is 36.5 Å². The fourth-order valence-corrected chi connectivity index (χ4v) is 3.57. The summed E-state index contributed by atoms with van der Waals surface area (Å²) in [6.07, 6.45) is 1.48. The van der Waals surface area contributed by atoms with Crippen LogP contribution >= 0.6 is 0 Å². The monoisotopic (exact) mass is 437 g/mol. The molecule has 2 heterocycles. The topological polar surface area (TPSA) is 75.1 Å². The molecule has 3 rings (SSSR count). The van der Waals surface area contributed by atoms with Gasteiger partial charge in [-0.25, -0.2) is 4.98 Å². The number of aliphatic hydroxyl groups excluding tert-OH is 1. The van der Waals surface area contributed by atoms with Gasteiger partial charge in [0.05, 0.1) is 19.8 Å². The van der Waals surface area contributed by atoms with Crippen LogP contribution in [0.3, 0.4) is 0 Å². The lowest BCUT2D eigenvalue weighted by atomic mass is 10.00. The zero-order chi connectivity index (χ0) is 23.3. The van der Waals surface area contributed by atoms with Gasteiger partial charge in [-0.2, -0.15) is 0 Å². The minimum Gasteiger partial charge on any atom is -0.497 e. The van der Waals surface area contributed by atoms with Crippen molar-refractivity contribution in [2.24, 2.45) is 5.92 Å². The number of fused-ring (bicyclic) bond motifs is 1. The maximum Gasteiger partial charge on any atom is 0.259 e. The molecule has 7 heteroatoms. The molecular formula is C25H31N3O4. The molecule has 1 aliphatic rings. The molecule has 0 unspecified atom stereocenters. The fraction of sp³-hybridized carbons (Fsp3) is 0.440. The Morgan fingerprint density at radius 3 is 2.59 bits per heavy atom. The lowest BCUT2D eigenvalue weighted by Crippen LogP contribution is -2.49. The van der Waals surface area contributed by atoms with Gasteiger partial charge in [0.15, 0.2) is 0 Å². The molecule has 0 radical (unpaired) electrons. The van der Waals surface area contributed by atoms with Crippen molar-refractivity contribution in [1.82, 2.24) is 14.8 Å². The van der Waals surface area contributed by atoms with Gasteiger partial charge in [0, 0.05) is 36.3 Å².